The quantitative estimate of drug-likeness (QED) is 0.664. The Morgan fingerprint density at radius 2 is 2.24 bits per heavy atom. The molecule has 0 aromatic heterocycles. The molecule has 0 aliphatic heterocycles. The van der Waals surface area contributed by atoms with Gasteiger partial charge in [-0.05, 0) is 44.7 Å². The number of hydrogen-bond acceptors (Lipinski definition) is 4. The zero-order valence-corrected chi connectivity index (χ0v) is 12.6. The maximum Gasteiger partial charge on any atom is 0.269 e. The SMILES string of the molecule is CCOC1CC(Nc2ccc([N+](=O)[O-])cc2C)C12CCC2. The summed E-state index contributed by atoms with van der Waals surface area (Å²) in [5, 5.41) is 14.4. The molecule has 5 nitrogen and oxygen atoms in total. The van der Waals surface area contributed by atoms with Crippen molar-refractivity contribution in [2.45, 2.75) is 51.7 Å². The van der Waals surface area contributed by atoms with Crippen LogP contribution in [0.4, 0.5) is 11.4 Å². The molecular formula is C16H22N2O3. The molecule has 1 N–H and O–H groups in total. The molecule has 2 aliphatic carbocycles. The number of nitrogens with zero attached hydrogens (tertiary/aromatic N) is 1. The zero-order chi connectivity index (χ0) is 15.0. The molecule has 2 unspecified atom stereocenters. The van der Waals surface area contributed by atoms with Crippen LogP contribution in [0.3, 0.4) is 0 Å². The van der Waals surface area contributed by atoms with Crippen molar-refractivity contribution >= 4 is 11.4 Å². The molecule has 0 bridgehead atoms. The monoisotopic (exact) mass is 290 g/mol. The third-order valence-corrected chi connectivity index (χ3v) is 5.19. The topological polar surface area (TPSA) is 64.4 Å². The van der Waals surface area contributed by atoms with E-state index < -0.39 is 0 Å². The highest BCUT2D eigenvalue weighted by Gasteiger charge is 2.58. The van der Waals surface area contributed by atoms with Gasteiger partial charge in [0.25, 0.3) is 5.69 Å². The summed E-state index contributed by atoms with van der Waals surface area (Å²) in [6.45, 7) is 4.74. The van der Waals surface area contributed by atoms with Crippen molar-refractivity contribution < 1.29 is 9.66 Å². The van der Waals surface area contributed by atoms with E-state index >= 15 is 0 Å². The molecule has 1 spiro atoms. The Bertz CT molecular complexity index is 554. The highest BCUT2D eigenvalue weighted by atomic mass is 16.6. The molecule has 2 aliphatic rings. The lowest BCUT2D eigenvalue weighted by Crippen LogP contribution is -2.64. The second-order valence-corrected chi connectivity index (χ2v) is 6.22. The van der Waals surface area contributed by atoms with Gasteiger partial charge in [-0.25, -0.2) is 0 Å². The Labute approximate surface area is 124 Å². The minimum atomic E-state index is -0.349. The van der Waals surface area contributed by atoms with E-state index in [0.717, 1.165) is 24.3 Å². The molecule has 0 saturated heterocycles. The zero-order valence-electron chi connectivity index (χ0n) is 12.6. The lowest BCUT2D eigenvalue weighted by molar-refractivity contribution is -0.384. The Morgan fingerprint density at radius 1 is 1.48 bits per heavy atom. The van der Waals surface area contributed by atoms with Crippen molar-refractivity contribution in [3.63, 3.8) is 0 Å². The maximum atomic E-state index is 10.8. The first-order valence-corrected chi connectivity index (χ1v) is 7.70. The molecular weight excluding hydrogens is 268 g/mol. The van der Waals surface area contributed by atoms with Crippen molar-refractivity contribution in [1.29, 1.82) is 0 Å². The van der Waals surface area contributed by atoms with Crippen molar-refractivity contribution in [3.05, 3.63) is 33.9 Å². The Morgan fingerprint density at radius 3 is 2.76 bits per heavy atom. The molecule has 2 atom stereocenters. The first-order chi connectivity index (χ1) is 10.1. The fourth-order valence-electron chi connectivity index (χ4n) is 3.75. The predicted molar refractivity (Wildman–Crippen MR) is 81.6 cm³/mol. The van der Waals surface area contributed by atoms with Crippen LogP contribution < -0.4 is 5.32 Å². The molecule has 2 fully saturated rings. The molecule has 2 saturated carbocycles. The van der Waals surface area contributed by atoms with Gasteiger partial charge in [-0.15, -0.1) is 0 Å². The van der Waals surface area contributed by atoms with Gasteiger partial charge in [0, 0.05) is 35.9 Å². The van der Waals surface area contributed by atoms with Crippen LogP contribution in [0.15, 0.2) is 18.2 Å². The Hall–Kier alpha value is -1.62. The molecule has 21 heavy (non-hydrogen) atoms. The third-order valence-electron chi connectivity index (χ3n) is 5.19. The van der Waals surface area contributed by atoms with E-state index in [2.05, 4.69) is 5.32 Å². The summed E-state index contributed by atoms with van der Waals surface area (Å²) >= 11 is 0. The second kappa shape index (κ2) is 5.30. The number of nitro benzene ring substituents is 1. The number of ether oxygens (including phenoxy) is 1. The normalized spacial score (nSPS) is 26.0. The smallest absolute Gasteiger partial charge is 0.269 e. The average Bonchev–Trinajstić information content (AvgIpc) is 2.37. The second-order valence-electron chi connectivity index (χ2n) is 6.22. The highest BCUT2D eigenvalue weighted by molar-refractivity contribution is 5.56. The molecule has 0 heterocycles. The van der Waals surface area contributed by atoms with E-state index in [1.807, 2.05) is 19.9 Å². The minimum absolute atomic E-state index is 0.150. The number of nitrogens with one attached hydrogen (secondary N) is 1. The number of rotatable bonds is 5. The van der Waals surface area contributed by atoms with Gasteiger partial charge in [0.2, 0.25) is 0 Å². The van der Waals surface area contributed by atoms with E-state index in [1.54, 1.807) is 12.1 Å². The number of aryl methyl sites for hydroxylation is 1. The lowest BCUT2D eigenvalue weighted by Gasteiger charge is -2.61. The lowest BCUT2D eigenvalue weighted by atomic mass is 9.51. The van der Waals surface area contributed by atoms with Crippen LogP contribution in [0.1, 0.15) is 38.2 Å². The summed E-state index contributed by atoms with van der Waals surface area (Å²) in [4.78, 5) is 10.4. The standard InChI is InChI=1S/C16H22N2O3/c1-3-21-15-10-14(16(15)7-4-8-16)17-13-6-5-12(18(19)20)9-11(13)2/h5-6,9,14-15,17H,3-4,7-8,10H2,1-2H3. The van der Waals surface area contributed by atoms with Crippen molar-refractivity contribution in [2.75, 3.05) is 11.9 Å². The van der Waals surface area contributed by atoms with Crippen molar-refractivity contribution in [1.82, 2.24) is 0 Å². The fraction of sp³-hybridized carbons (Fsp3) is 0.625. The summed E-state index contributed by atoms with van der Waals surface area (Å²) in [5.41, 5.74) is 2.38. The fourth-order valence-corrected chi connectivity index (χ4v) is 3.75. The molecule has 0 amide bonds. The minimum Gasteiger partial charge on any atom is -0.381 e. The van der Waals surface area contributed by atoms with Gasteiger partial charge < -0.3 is 10.1 Å². The van der Waals surface area contributed by atoms with Gasteiger partial charge in [-0.1, -0.05) is 6.42 Å². The highest BCUT2D eigenvalue weighted by Crippen LogP contribution is 2.58. The number of benzene rings is 1. The van der Waals surface area contributed by atoms with Crippen LogP contribution in [0.25, 0.3) is 0 Å². The van der Waals surface area contributed by atoms with Crippen LogP contribution >= 0.6 is 0 Å². The van der Waals surface area contributed by atoms with Gasteiger partial charge >= 0.3 is 0 Å². The van der Waals surface area contributed by atoms with Crippen LogP contribution in [-0.4, -0.2) is 23.7 Å². The summed E-state index contributed by atoms with van der Waals surface area (Å²) in [7, 11) is 0. The van der Waals surface area contributed by atoms with E-state index in [4.69, 9.17) is 4.74 Å². The number of anilines is 1. The first kappa shape index (κ1) is 14.3. The van der Waals surface area contributed by atoms with E-state index in [9.17, 15) is 10.1 Å². The summed E-state index contributed by atoms with van der Waals surface area (Å²) in [6, 6.07) is 5.46. The van der Waals surface area contributed by atoms with Gasteiger partial charge in [-0.2, -0.15) is 0 Å². The van der Waals surface area contributed by atoms with Gasteiger partial charge in [0.1, 0.15) is 0 Å². The van der Waals surface area contributed by atoms with E-state index in [1.165, 1.54) is 19.3 Å². The summed E-state index contributed by atoms with van der Waals surface area (Å²) in [6.07, 6.45) is 5.14. The Kier molecular flexibility index (Phi) is 3.61. The van der Waals surface area contributed by atoms with Crippen molar-refractivity contribution in [2.24, 2.45) is 5.41 Å². The third kappa shape index (κ3) is 2.29. The molecule has 114 valence electrons. The van der Waals surface area contributed by atoms with E-state index in [0.29, 0.717) is 17.6 Å². The number of non-ortho nitro benzene ring substituents is 1. The Balaban J connectivity index is 1.71. The van der Waals surface area contributed by atoms with Gasteiger partial charge in [-0.3, -0.25) is 10.1 Å². The predicted octanol–water partition coefficient (Wildman–Crippen LogP) is 3.66. The molecule has 1 aromatic carbocycles. The molecule has 5 heteroatoms. The summed E-state index contributed by atoms with van der Waals surface area (Å²) < 4.78 is 5.86. The van der Waals surface area contributed by atoms with Gasteiger partial charge in [0.05, 0.1) is 11.0 Å². The van der Waals surface area contributed by atoms with Crippen LogP contribution in [0.5, 0.6) is 0 Å². The largest absolute Gasteiger partial charge is 0.381 e. The summed E-state index contributed by atoms with van der Waals surface area (Å²) in [5.74, 6) is 0. The van der Waals surface area contributed by atoms with E-state index in [-0.39, 0.29) is 10.6 Å². The van der Waals surface area contributed by atoms with Crippen molar-refractivity contribution in [3.8, 4) is 0 Å². The first-order valence-electron chi connectivity index (χ1n) is 7.70. The number of nitro groups is 1. The maximum absolute atomic E-state index is 10.8. The van der Waals surface area contributed by atoms with Crippen LogP contribution in [-0.2, 0) is 4.74 Å². The van der Waals surface area contributed by atoms with Crippen LogP contribution in [0, 0.1) is 22.5 Å². The average molecular weight is 290 g/mol. The van der Waals surface area contributed by atoms with Gasteiger partial charge in [0.15, 0.2) is 0 Å². The molecule has 3 rings (SSSR count). The van der Waals surface area contributed by atoms with Crippen LogP contribution in [0.2, 0.25) is 0 Å². The number of hydrogen-bond donors (Lipinski definition) is 1. The molecule has 1 aromatic rings. The molecule has 0 radical (unpaired) electrons.